The zero-order valence-corrected chi connectivity index (χ0v) is 14.6. The van der Waals surface area contributed by atoms with Crippen LogP contribution in [0.3, 0.4) is 0 Å². The Bertz CT molecular complexity index is 986. The monoisotopic (exact) mass is 375 g/mol. The average Bonchev–Trinajstić information content (AvgIpc) is 2.99. The molecule has 1 amide bonds. The van der Waals surface area contributed by atoms with E-state index < -0.39 is 11.6 Å². The Labute approximate surface area is 152 Å². The van der Waals surface area contributed by atoms with Crippen molar-refractivity contribution in [3.8, 4) is 5.75 Å². The fourth-order valence-corrected chi connectivity index (χ4v) is 3.74. The molecule has 0 saturated carbocycles. The van der Waals surface area contributed by atoms with Gasteiger partial charge in [0.25, 0.3) is 0 Å². The van der Waals surface area contributed by atoms with Gasteiger partial charge in [0.1, 0.15) is 5.75 Å². The Morgan fingerprint density at radius 2 is 2.04 bits per heavy atom. The molecule has 0 aliphatic carbocycles. The molecule has 0 unspecified atom stereocenters. The number of thiazole rings is 1. The first-order chi connectivity index (χ1) is 12.5. The molecule has 134 valence electrons. The highest BCUT2D eigenvalue weighted by molar-refractivity contribution is 7.22. The van der Waals surface area contributed by atoms with E-state index in [1.807, 2.05) is 23.1 Å². The lowest BCUT2D eigenvalue weighted by atomic mass is 10.00. The van der Waals surface area contributed by atoms with Crippen LogP contribution in [-0.4, -0.2) is 31.1 Å². The number of fused-ring (bicyclic) bond motifs is 1. The van der Waals surface area contributed by atoms with E-state index in [2.05, 4.69) is 10.3 Å². The van der Waals surface area contributed by atoms with Crippen molar-refractivity contribution in [3.05, 3.63) is 48.0 Å². The van der Waals surface area contributed by atoms with E-state index in [9.17, 15) is 13.6 Å². The Hall–Kier alpha value is -2.74. The minimum atomic E-state index is -0.983. The van der Waals surface area contributed by atoms with Crippen molar-refractivity contribution in [1.29, 1.82) is 0 Å². The second kappa shape index (κ2) is 6.53. The van der Waals surface area contributed by atoms with Gasteiger partial charge in [-0.05, 0) is 24.3 Å². The van der Waals surface area contributed by atoms with Gasteiger partial charge in [0.2, 0.25) is 5.91 Å². The second-order valence-corrected chi connectivity index (χ2v) is 7.06. The third-order valence-corrected chi connectivity index (χ3v) is 5.39. The number of ether oxygens (including phenoxy) is 1. The van der Waals surface area contributed by atoms with Crippen molar-refractivity contribution in [2.75, 3.05) is 30.4 Å². The van der Waals surface area contributed by atoms with Gasteiger partial charge in [-0.1, -0.05) is 11.3 Å². The number of methoxy groups -OCH3 is 1. The second-order valence-electron chi connectivity index (χ2n) is 6.05. The maximum absolute atomic E-state index is 13.2. The van der Waals surface area contributed by atoms with E-state index in [4.69, 9.17) is 4.74 Å². The van der Waals surface area contributed by atoms with Crippen LogP contribution in [0.25, 0.3) is 10.2 Å². The number of halogens is 2. The molecule has 1 N–H and O–H groups in total. The number of carbonyl (C=O) groups is 1. The summed E-state index contributed by atoms with van der Waals surface area (Å²) in [7, 11) is 1.61. The molecule has 0 spiro atoms. The smallest absolute Gasteiger partial charge is 0.231 e. The van der Waals surface area contributed by atoms with Gasteiger partial charge in [-0.15, -0.1) is 0 Å². The topological polar surface area (TPSA) is 54.5 Å². The molecule has 1 fully saturated rings. The predicted octanol–water partition coefficient (Wildman–Crippen LogP) is 3.66. The highest BCUT2D eigenvalue weighted by atomic mass is 32.1. The number of hydrogen-bond donors (Lipinski definition) is 1. The molecule has 5 nitrogen and oxygen atoms in total. The summed E-state index contributed by atoms with van der Waals surface area (Å²) in [4.78, 5) is 18.8. The summed E-state index contributed by atoms with van der Waals surface area (Å²) in [5.41, 5.74) is 1.11. The van der Waals surface area contributed by atoms with Gasteiger partial charge in [0, 0.05) is 30.9 Å². The van der Waals surface area contributed by atoms with Crippen LogP contribution in [0.5, 0.6) is 5.75 Å². The molecular weight excluding hydrogens is 360 g/mol. The summed E-state index contributed by atoms with van der Waals surface area (Å²) in [6.45, 7) is 1.07. The molecule has 0 radical (unpaired) electrons. The van der Waals surface area contributed by atoms with Gasteiger partial charge in [0.05, 0.1) is 23.2 Å². The maximum Gasteiger partial charge on any atom is 0.231 e. The van der Waals surface area contributed by atoms with Crippen LogP contribution >= 0.6 is 11.3 Å². The van der Waals surface area contributed by atoms with E-state index in [1.54, 1.807) is 18.4 Å². The highest BCUT2D eigenvalue weighted by Gasteiger charge is 2.34. The quantitative estimate of drug-likeness (QED) is 0.756. The first-order valence-corrected chi connectivity index (χ1v) is 8.80. The molecule has 3 aromatic rings. The van der Waals surface area contributed by atoms with E-state index in [1.165, 1.54) is 6.07 Å². The SMILES string of the molecule is COc1ccc2sc(N3CC(C(=O)Nc4ccc(F)c(F)c4)C3)nc2c1. The van der Waals surface area contributed by atoms with Gasteiger partial charge in [-0.25, -0.2) is 13.8 Å². The molecule has 2 heterocycles. The van der Waals surface area contributed by atoms with Gasteiger partial charge in [-0.2, -0.15) is 0 Å². The predicted molar refractivity (Wildman–Crippen MR) is 96.9 cm³/mol. The van der Waals surface area contributed by atoms with Gasteiger partial charge < -0.3 is 15.0 Å². The van der Waals surface area contributed by atoms with Gasteiger partial charge >= 0.3 is 0 Å². The van der Waals surface area contributed by atoms with Crippen LogP contribution in [-0.2, 0) is 4.79 Å². The lowest BCUT2D eigenvalue weighted by molar-refractivity contribution is -0.120. The minimum Gasteiger partial charge on any atom is -0.497 e. The molecule has 0 bridgehead atoms. The lowest BCUT2D eigenvalue weighted by Gasteiger charge is -2.37. The standard InChI is InChI=1S/C18H15F2N3O2S/c1-25-12-3-5-16-15(7-12)22-18(26-16)23-8-10(9-23)17(24)21-11-2-4-13(19)14(20)6-11/h2-7,10H,8-9H2,1H3,(H,21,24). The van der Waals surface area contributed by atoms with E-state index in [0.29, 0.717) is 13.1 Å². The molecule has 2 aromatic carbocycles. The lowest BCUT2D eigenvalue weighted by Crippen LogP contribution is -2.52. The summed E-state index contributed by atoms with van der Waals surface area (Å²) in [5, 5.41) is 3.47. The van der Waals surface area contributed by atoms with Crippen molar-refractivity contribution >= 4 is 38.3 Å². The number of benzene rings is 2. The summed E-state index contributed by atoms with van der Waals surface area (Å²) in [6, 6.07) is 9.04. The maximum atomic E-state index is 13.2. The number of rotatable bonds is 4. The Balaban J connectivity index is 1.40. The molecule has 26 heavy (non-hydrogen) atoms. The molecule has 1 aliphatic rings. The molecule has 1 aromatic heterocycles. The number of carbonyl (C=O) groups excluding carboxylic acids is 1. The number of anilines is 2. The fourth-order valence-electron chi connectivity index (χ4n) is 2.78. The van der Waals surface area contributed by atoms with Crippen LogP contribution in [0.1, 0.15) is 0 Å². The van der Waals surface area contributed by atoms with Crippen LogP contribution in [0.2, 0.25) is 0 Å². The van der Waals surface area contributed by atoms with E-state index in [-0.39, 0.29) is 17.5 Å². The molecule has 0 atom stereocenters. The molecule has 1 saturated heterocycles. The Morgan fingerprint density at radius 1 is 1.23 bits per heavy atom. The van der Waals surface area contributed by atoms with Crippen LogP contribution in [0, 0.1) is 17.6 Å². The minimum absolute atomic E-state index is 0.213. The highest BCUT2D eigenvalue weighted by Crippen LogP contribution is 2.34. The first-order valence-electron chi connectivity index (χ1n) is 7.99. The number of hydrogen-bond acceptors (Lipinski definition) is 5. The number of nitrogens with zero attached hydrogens (tertiary/aromatic N) is 2. The van der Waals surface area contributed by atoms with Gasteiger partial charge in [0.15, 0.2) is 16.8 Å². The van der Waals surface area contributed by atoms with Crippen LogP contribution in [0.4, 0.5) is 19.6 Å². The molecule has 8 heteroatoms. The summed E-state index contributed by atoms with van der Waals surface area (Å²) in [5.74, 6) is -1.60. The Kier molecular flexibility index (Phi) is 4.20. The third-order valence-electron chi connectivity index (χ3n) is 4.29. The van der Waals surface area contributed by atoms with Crippen molar-refractivity contribution in [2.45, 2.75) is 0 Å². The zero-order chi connectivity index (χ0) is 18.3. The zero-order valence-electron chi connectivity index (χ0n) is 13.8. The summed E-state index contributed by atoms with van der Waals surface area (Å²) < 4.78 is 32.4. The normalized spacial score (nSPS) is 14.3. The van der Waals surface area contributed by atoms with Crippen molar-refractivity contribution < 1.29 is 18.3 Å². The number of nitrogens with one attached hydrogen (secondary N) is 1. The van der Waals surface area contributed by atoms with E-state index in [0.717, 1.165) is 33.2 Å². The Morgan fingerprint density at radius 3 is 2.77 bits per heavy atom. The molecule has 1 aliphatic heterocycles. The molecule has 4 rings (SSSR count). The van der Waals surface area contributed by atoms with Crippen molar-refractivity contribution in [3.63, 3.8) is 0 Å². The summed E-state index contributed by atoms with van der Waals surface area (Å²) >= 11 is 1.56. The third kappa shape index (κ3) is 3.08. The summed E-state index contributed by atoms with van der Waals surface area (Å²) in [6.07, 6.45) is 0. The number of aromatic nitrogens is 1. The van der Waals surface area contributed by atoms with E-state index >= 15 is 0 Å². The van der Waals surface area contributed by atoms with Crippen LogP contribution < -0.4 is 15.0 Å². The van der Waals surface area contributed by atoms with Crippen LogP contribution in [0.15, 0.2) is 36.4 Å². The average molecular weight is 375 g/mol. The first kappa shape index (κ1) is 16.7. The van der Waals surface area contributed by atoms with Gasteiger partial charge in [-0.3, -0.25) is 4.79 Å². The largest absolute Gasteiger partial charge is 0.497 e. The van der Waals surface area contributed by atoms with Crippen molar-refractivity contribution in [2.24, 2.45) is 5.92 Å². The number of amides is 1. The fraction of sp³-hybridized carbons (Fsp3) is 0.222. The molecular formula is C18H15F2N3O2S. The van der Waals surface area contributed by atoms with Crippen molar-refractivity contribution in [1.82, 2.24) is 4.98 Å².